The molecule has 0 radical (unpaired) electrons. The Kier molecular flexibility index (Phi) is 7.75. The van der Waals surface area contributed by atoms with Crippen LogP contribution in [0, 0.1) is 0 Å². The fraction of sp³-hybridized carbons (Fsp3) is 0.500. The molecule has 2 fully saturated rings. The van der Waals surface area contributed by atoms with E-state index < -0.39 is 35.2 Å². The summed E-state index contributed by atoms with van der Waals surface area (Å²) in [6.07, 6.45) is -8.69. The summed E-state index contributed by atoms with van der Waals surface area (Å²) in [5.74, 6) is 0. The number of alkyl halides is 6. The number of benzene rings is 2. The van der Waals surface area contributed by atoms with Gasteiger partial charge in [0.2, 0.25) is 0 Å². The van der Waals surface area contributed by atoms with Crippen LogP contribution in [0.2, 0.25) is 0 Å². The zero-order valence-electron chi connectivity index (χ0n) is 20.2. The zero-order chi connectivity index (χ0) is 26.8. The second kappa shape index (κ2) is 10.5. The minimum Gasteiger partial charge on any atom is -0.441 e. The summed E-state index contributed by atoms with van der Waals surface area (Å²) in [4.78, 5) is 15.5. The molecule has 0 saturated carbocycles. The number of hydrogen-bond acceptors (Lipinski definition) is 4. The number of hydrogen-bond donors (Lipinski definition) is 0. The first kappa shape index (κ1) is 27.3. The quantitative estimate of drug-likeness (QED) is 0.319. The van der Waals surface area contributed by atoms with Gasteiger partial charge in [-0.25, -0.2) is 4.79 Å². The summed E-state index contributed by atoms with van der Waals surface area (Å²) >= 11 is 0. The standard InChI is InChI=1S/C26H28F6N2O3/c1-33-17-24(37-23(33)35)9-12-34(13-10-24)11-4-14-36-22(18-5-2-7-20(15-18)25(27,28)29)19-6-3-8-21(16-19)26(30,31)32/h2-3,5-8,15-16,22H,4,9-14,17H2,1H3. The van der Waals surface area contributed by atoms with Crippen LogP contribution in [0.3, 0.4) is 0 Å². The lowest BCUT2D eigenvalue weighted by atomic mass is 9.91. The molecule has 0 unspecified atom stereocenters. The van der Waals surface area contributed by atoms with E-state index >= 15 is 0 Å². The molecule has 0 aromatic heterocycles. The van der Waals surface area contributed by atoms with Crippen LogP contribution in [-0.4, -0.2) is 61.3 Å². The molecule has 1 amide bonds. The van der Waals surface area contributed by atoms with E-state index in [2.05, 4.69) is 4.90 Å². The number of piperidine rings is 1. The number of likely N-dealkylation sites (tertiary alicyclic amines) is 1. The molecule has 37 heavy (non-hydrogen) atoms. The Morgan fingerprint density at radius 2 is 1.49 bits per heavy atom. The van der Waals surface area contributed by atoms with Crippen LogP contribution in [0.5, 0.6) is 0 Å². The first-order valence-corrected chi connectivity index (χ1v) is 12.0. The first-order valence-electron chi connectivity index (χ1n) is 12.0. The molecule has 202 valence electrons. The van der Waals surface area contributed by atoms with Gasteiger partial charge < -0.3 is 19.3 Å². The van der Waals surface area contributed by atoms with E-state index in [1.807, 2.05) is 0 Å². The van der Waals surface area contributed by atoms with E-state index in [1.165, 1.54) is 24.3 Å². The number of carbonyl (C=O) groups is 1. The molecular weight excluding hydrogens is 502 g/mol. The summed E-state index contributed by atoms with van der Waals surface area (Å²) in [6, 6.07) is 8.93. The molecule has 2 aromatic rings. The third-order valence-corrected chi connectivity index (χ3v) is 6.84. The molecule has 0 N–H and O–H groups in total. The highest BCUT2D eigenvalue weighted by atomic mass is 19.4. The number of rotatable bonds is 7. The van der Waals surface area contributed by atoms with Crippen molar-refractivity contribution < 1.29 is 40.6 Å². The van der Waals surface area contributed by atoms with Crippen molar-refractivity contribution in [2.24, 2.45) is 0 Å². The molecular formula is C26H28F6N2O3. The average Bonchev–Trinajstić information content (AvgIpc) is 3.12. The molecule has 2 heterocycles. The summed E-state index contributed by atoms with van der Waals surface area (Å²) in [6.45, 7) is 2.75. The Labute approximate surface area is 210 Å². The Balaban J connectivity index is 1.41. The van der Waals surface area contributed by atoms with Crippen molar-refractivity contribution in [3.05, 3.63) is 70.8 Å². The van der Waals surface area contributed by atoms with Crippen LogP contribution in [-0.2, 0) is 21.8 Å². The Morgan fingerprint density at radius 3 is 1.95 bits per heavy atom. The number of ether oxygens (including phenoxy) is 2. The van der Waals surface area contributed by atoms with Crippen molar-refractivity contribution in [3.8, 4) is 0 Å². The molecule has 4 rings (SSSR count). The molecule has 0 atom stereocenters. The van der Waals surface area contributed by atoms with E-state index in [9.17, 15) is 31.1 Å². The first-order chi connectivity index (χ1) is 17.4. The highest BCUT2D eigenvalue weighted by molar-refractivity contribution is 5.70. The van der Waals surface area contributed by atoms with E-state index in [-0.39, 0.29) is 23.8 Å². The number of nitrogens with zero attached hydrogens (tertiary/aromatic N) is 2. The maximum atomic E-state index is 13.3. The maximum Gasteiger partial charge on any atom is 0.416 e. The SMILES string of the molecule is CN1CC2(CCN(CCCOC(c3cccc(C(F)(F)F)c3)c3cccc(C(F)(F)F)c3)CC2)OC1=O. The lowest BCUT2D eigenvalue weighted by Gasteiger charge is -2.37. The van der Waals surface area contributed by atoms with Crippen molar-refractivity contribution in [1.29, 1.82) is 0 Å². The molecule has 0 aliphatic carbocycles. The summed E-state index contributed by atoms with van der Waals surface area (Å²) < 4.78 is 91.2. The second-order valence-electron chi connectivity index (χ2n) is 9.60. The number of halogens is 6. The Bertz CT molecular complexity index is 1040. The molecule has 2 saturated heterocycles. The number of likely N-dealkylation sites (N-methyl/N-ethyl adjacent to an activating group) is 1. The van der Waals surface area contributed by atoms with Crippen LogP contribution >= 0.6 is 0 Å². The maximum absolute atomic E-state index is 13.3. The molecule has 2 aromatic carbocycles. The van der Waals surface area contributed by atoms with Crippen LogP contribution in [0.4, 0.5) is 31.1 Å². The van der Waals surface area contributed by atoms with Gasteiger partial charge in [0.05, 0.1) is 17.7 Å². The van der Waals surface area contributed by atoms with E-state index in [4.69, 9.17) is 9.47 Å². The highest BCUT2D eigenvalue weighted by Crippen LogP contribution is 2.36. The van der Waals surface area contributed by atoms with Gasteiger partial charge in [-0.2, -0.15) is 26.3 Å². The summed E-state index contributed by atoms with van der Waals surface area (Å²) in [7, 11) is 1.70. The second-order valence-corrected chi connectivity index (χ2v) is 9.60. The van der Waals surface area contributed by atoms with Crippen LogP contribution < -0.4 is 0 Å². The molecule has 1 spiro atoms. The normalized spacial score (nSPS) is 18.6. The van der Waals surface area contributed by atoms with Crippen LogP contribution in [0.15, 0.2) is 48.5 Å². The Hall–Kier alpha value is -2.79. The number of amides is 1. The van der Waals surface area contributed by atoms with Crippen molar-refractivity contribution in [2.45, 2.75) is 43.3 Å². The van der Waals surface area contributed by atoms with Gasteiger partial charge >= 0.3 is 18.4 Å². The van der Waals surface area contributed by atoms with Gasteiger partial charge in [0.15, 0.2) is 0 Å². The molecule has 5 nitrogen and oxygen atoms in total. The van der Waals surface area contributed by atoms with Gasteiger partial charge in [0, 0.05) is 46.1 Å². The largest absolute Gasteiger partial charge is 0.441 e. The molecule has 2 aliphatic heterocycles. The van der Waals surface area contributed by atoms with E-state index in [0.29, 0.717) is 45.4 Å². The third kappa shape index (κ3) is 6.56. The fourth-order valence-electron chi connectivity index (χ4n) is 4.87. The zero-order valence-corrected chi connectivity index (χ0v) is 20.2. The third-order valence-electron chi connectivity index (χ3n) is 6.84. The molecule has 2 aliphatic rings. The van der Waals surface area contributed by atoms with E-state index in [1.54, 1.807) is 11.9 Å². The van der Waals surface area contributed by atoms with Crippen molar-refractivity contribution in [1.82, 2.24) is 9.80 Å². The minimum atomic E-state index is -4.59. The lowest BCUT2D eigenvalue weighted by Crippen LogP contribution is -2.47. The van der Waals surface area contributed by atoms with Crippen LogP contribution in [0.1, 0.15) is 47.6 Å². The minimum absolute atomic E-state index is 0.126. The lowest BCUT2D eigenvalue weighted by molar-refractivity contribution is -0.138. The summed E-state index contributed by atoms with van der Waals surface area (Å²) in [5.41, 5.74) is -2.00. The van der Waals surface area contributed by atoms with Gasteiger partial charge in [-0.1, -0.05) is 24.3 Å². The van der Waals surface area contributed by atoms with Crippen molar-refractivity contribution in [3.63, 3.8) is 0 Å². The summed E-state index contributed by atoms with van der Waals surface area (Å²) in [5, 5.41) is 0. The molecule has 11 heteroatoms. The average molecular weight is 531 g/mol. The highest BCUT2D eigenvalue weighted by Gasteiger charge is 2.45. The monoisotopic (exact) mass is 530 g/mol. The van der Waals surface area contributed by atoms with Gasteiger partial charge in [-0.05, 0) is 41.8 Å². The predicted octanol–water partition coefficient (Wildman–Crippen LogP) is 6.14. The molecule has 0 bridgehead atoms. The van der Waals surface area contributed by atoms with Gasteiger partial charge in [-0.3, -0.25) is 0 Å². The number of carbonyl (C=O) groups excluding carboxylic acids is 1. The van der Waals surface area contributed by atoms with E-state index in [0.717, 1.165) is 24.3 Å². The van der Waals surface area contributed by atoms with Crippen molar-refractivity contribution in [2.75, 3.05) is 39.8 Å². The topological polar surface area (TPSA) is 42.0 Å². The van der Waals surface area contributed by atoms with Crippen LogP contribution in [0.25, 0.3) is 0 Å². The van der Waals surface area contributed by atoms with Gasteiger partial charge in [-0.15, -0.1) is 0 Å². The smallest absolute Gasteiger partial charge is 0.416 e. The Morgan fingerprint density at radius 1 is 0.946 bits per heavy atom. The predicted molar refractivity (Wildman–Crippen MR) is 123 cm³/mol. The fourth-order valence-corrected chi connectivity index (χ4v) is 4.87. The van der Waals surface area contributed by atoms with Gasteiger partial charge in [0.25, 0.3) is 0 Å². The van der Waals surface area contributed by atoms with Crippen molar-refractivity contribution >= 4 is 6.09 Å². The van der Waals surface area contributed by atoms with Gasteiger partial charge in [0.1, 0.15) is 11.7 Å².